The molecular formula is C33H44FNO3. The molecular weight excluding hydrogens is 477 g/mol. The standard InChI is InChI=1S/C33H44FNO3/c1-3-5-7-9-10-11-12-14-22-37-31-21-20-29(23-30(31)34)38-32(36)26-16-18-27(19-17-26)33(25-35)24-28(33)15-13-8-6-4-2/h16-21,23,28H,3-15,22,24H2,1-2H3/t28-,33-/m0/s1. The number of halogens is 1. The summed E-state index contributed by atoms with van der Waals surface area (Å²) in [6.45, 7) is 4.89. The van der Waals surface area contributed by atoms with Gasteiger partial charge in [-0.1, -0.05) is 96.6 Å². The predicted molar refractivity (Wildman–Crippen MR) is 150 cm³/mol. The Bertz CT molecular complexity index is 1050. The van der Waals surface area contributed by atoms with Gasteiger partial charge in [-0.2, -0.15) is 5.26 Å². The molecule has 0 bridgehead atoms. The van der Waals surface area contributed by atoms with Crippen LogP contribution in [0.5, 0.6) is 11.5 Å². The van der Waals surface area contributed by atoms with E-state index in [1.165, 1.54) is 69.9 Å². The van der Waals surface area contributed by atoms with E-state index in [1.54, 1.807) is 18.2 Å². The minimum absolute atomic E-state index is 0.138. The lowest BCUT2D eigenvalue weighted by Gasteiger charge is -2.11. The van der Waals surface area contributed by atoms with Gasteiger partial charge >= 0.3 is 5.97 Å². The van der Waals surface area contributed by atoms with E-state index < -0.39 is 17.2 Å². The molecule has 0 unspecified atom stereocenters. The second-order valence-corrected chi connectivity index (χ2v) is 10.7. The van der Waals surface area contributed by atoms with Gasteiger partial charge in [0, 0.05) is 6.07 Å². The van der Waals surface area contributed by atoms with Gasteiger partial charge in [0.1, 0.15) is 5.75 Å². The van der Waals surface area contributed by atoms with Gasteiger partial charge in [0.05, 0.1) is 23.7 Å². The van der Waals surface area contributed by atoms with Crippen molar-refractivity contribution in [3.63, 3.8) is 0 Å². The summed E-state index contributed by atoms with van der Waals surface area (Å²) >= 11 is 0. The van der Waals surface area contributed by atoms with Crippen molar-refractivity contribution in [2.75, 3.05) is 6.61 Å². The molecule has 1 saturated carbocycles. The van der Waals surface area contributed by atoms with Crippen LogP contribution in [0.4, 0.5) is 4.39 Å². The fourth-order valence-electron chi connectivity index (χ4n) is 5.20. The number of nitrogens with zero attached hydrogens (tertiary/aromatic N) is 1. The monoisotopic (exact) mass is 521 g/mol. The molecule has 1 aliphatic carbocycles. The van der Waals surface area contributed by atoms with Gasteiger partial charge in [-0.15, -0.1) is 0 Å². The Morgan fingerprint density at radius 1 is 0.921 bits per heavy atom. The van der Waals surface area contributed by atoms with Gasteiger partial charge in [0.2, 0.25) is 0 Å². The summed E-state index contributed by atoms with van der Waals surface area (Å²) in [7, 11) is 0. The number of esters is 1. The first-order valence-electron chi connectivity index (χ1n) is 14.7. The highest BCUT2D eigenvalue weighted by molar-refractivity contribution is 5.91. The lowest BCUT2D eigenvalue weighted by molar-refractivity contribution is 0.0734. The quantitative estimate of drug-likeness (QED) is 0.111. The van der Waals surface area contributed by atoms with E-state index in [9.17, 15) is 14.4 Å². The van der Waals surface area contributed by atoms with Crippen LogP contribution in [-0.4, -0.2) is 12.6 Å². The topological polar surface area (TPSA) is 59.3 Å². The number of benzene rings is 2. The number of rotatable bonds is 18. The number of hydrogen-bond donors (Lipinski definition) is 0. The molecule has 0 heterocycles. The molecule has 5 heteroatoms. The first kappa shape index (κ1) is 29.7. The van der Waals surface area contributed by atoms with Crippen LogP contribution < -0.4 is 9.47 Å². The van der Waals surface area contributed by atoms with Crippen molar-refractivity contribution >= 4 is 5.97 Å². The molecule has 1 aliphatic rings. The third kappa shape index (κ3) is 8.58. The zero-order valence-corrected chi connectivity index (χ0v) is 23.3. The highest BCUT2D eigenvalue weighted by Crippen LogP contribution is 2.56. The minimum atomic E-state index is -0.554. The van der Waals surface area contributed by atoms with Crippen LogP contribution in [0.3, 0.4) is 0 Å². The lowest BCUT2D eigenvalue weighted by atomic mass is 9.92. The lowest BCUT2D eigenvalue weighted by Crippen LogP contribution is -2.11. The van der Waals surface area contributed by atoms with Crippen molar-refractivity contribution in [3.05, 3.63) is 59.4 Å². The van der Waals surface area contributed by atoms with Crippen LogP contribution in [0.2, 0.25) is 0 Å². The summed E-state index contributed by atoms with van der Waals surface area (Å²) in [6.07, 6.45) is 16.3. The maximum atomic E-state index is 14.5. The summed E-state index contributed by atoms with van der Waals surface area (Å²) in [5, 5.41) is 9.85. The second kappa shape index (κ2) is 15.5. The number of hydrogen-bond acceptors (Lipinski definition) is 4. The largest absolute Gasteiger partial charge is 0.491 e. The Kier molecular flexibility index (Phi) is 12.1. The number of ether oxygens (including phenoxy) is 2. The van der Waals surface area contributed by atoms with Gasteiger partial charge in [-0.25, -0.2) is 9.18 Å². The van der Waals surface area contributed by atoms with Crippen LogP contribution in [0.25, 0.3) is 0 Å². The number of carbonyl (C=O) groups excluding carboxylic acids is 1. The Labute approximate surface area is 228 Å². The van der Waals surface area contributed by atoms with Gasteiger partial charge in [0.25, 0.3) is 0 Å². The van der Waals surface area contributed by atoms with Crippen molar-refractivity contribution in [1.29, 1.82) is 5.26 Å². The Morgan fingerprint density at radius 3 is 2.18 bits per heavy atom. The molecule has 206 valence electrons. The average Bonchev–Trinajstić information content (AvgIpc) is 3.65. The van der Waals surface area contributed by atoms with Gasteiger partial charge in [-0.05, 0) is 55.0 Å². The third-order valence-electron chi connectivity index (χ3n) is 7.72. The summed E-state index contributed by atoms with van der Waals surface area (Å²) in [5.74, 6) is -0.394. The zero-order chi connectivity index (χ0) is 27.2. The van der Waals surface area contributed by atoms with Crippen LogP contribution in [0.1, 0.15) is 120 Å². The molecule has 0 radical (unpaired) electrons. The smallest absolute Gasteiger partial charge is 0.343 e. The molecule has 2 aromatic carbocycles. The molecule has 4 nitrogen and oxygen atoms in total. The zero-order valence-electron chi connectivity index (χ0n) is 23.3. The Hall–Kier alpha value is -2.87. The fourth-order valence-corrected chi connectivity index (χ4v) is 5.20. The van der Waals surface area contributed by atoms with Crippen LogP contribution in [0.15, 0.2) is 42.5 Å². The summed E-state index contributed by atoms with van der Waals surface area (Å²) < 4.78 is 25.5. The third-order valence-corrected chi connectivity index (χ3v) is 7.72. The molecule has 0 N–H and O–H groups in total. The van der Waals surface area contributed by atoms with Gasteiger partial charge < -0.3 is 9.47 Å². The highest BCUT2D eigenvalue weighted by atomic mass is 19.1. The molecule has 0 aromatic heterocycles. The number of carbonyl (C=O) groups is 1. The minimum Gasteiger partial charge on any atom is -0.491 e. The van der Waals surface area contributed by atoms with E-state index in [0.717, 1.165) is 37.7 Å². The Morgan fingerprint density at radius 2 is 1.55 bits per heavy atom. The molecule has 2 aromatic rings. The van der Waals surface area contributed by atoms with E-state index in [0.29, 0.717) is 18.1 Å². The van der Waals surface area contributed by atoms with Crippen molar-refractivity contribution < 1.29 is 18.7 Å². The van der Waals surface area contributed by atoms with Crippen molar-refractivity contribution in [2.45, 2.75) is 109 Å². The molecule has 1 fully saturated rings. The second-order valence-electron chi connectivity index (χ2n) is 10.7. The van der Waals surface area contributed by atoms with E-state index in [2.05, 4.69) is 19.9 Å². The first-order valence-corrected chi connectivity index (χ1v) is 14.7. The molecule has 2 atom stereocenters. The SMILES string of the molecule is CCCCCCCCCCOc1ccc(OC(=O)c2ccc([C@@]3(C#N)C[C@@H]3CCCCCC)cc2)cc1F. The summed E-state index contributed by atoms with van der Waals surface area (Å²) in [6, 6.07) is 13.9. The molecule has 38 heavy (non-hydrogen) atoms. The molecule has 0 spiro atoms. The molecule has 0 amide bonds. The summed E-state index contributed by atoms with van der Waals surface area (Å²) in [5.41, 5.74) is 0.904. The maximum Gasteiger partial charge on any atom is 0.343 e. The van der Waals surface area contributed by atoms with E-state index in [-0.39, 0.29) is 11.5 Å². The van der Waals surface area contributed by atoms with Crippen LogP contribution in [0, 0.1) is 23.1 Å². The molecule has 3 rings (SSSR count). The Balaban J connectivity index is 1.43. The van der Waals surface area contributed by atoms with Crippen molar-refractivity contribution in [3.8, 4) is 17.6 Å². The van der Waals surface area contributed by atoms with E-state index in [1.807, 2.05) is 12.1 Å². The number of unbranched alkanes of at least 4 members (excludes halogenated alkanes) is 10. The van der Waals surface area contributed by atoms with Crippen LogP contribution >= 0.6 is 0 Å². The number of nitriles is 1. The van der Waals surface area contributed by atoms with Gasteiger partial charge in [0.15, 0.2) is 11.6 Å². The molecule has 0 saturated heterocycles. The van der Waals surface area contributed by atoms with E-state index in [4.69, 9.17) is 9.47 Å². The fraction of sp³-hybridized carbons (Fsp3) is 0.576. The van der Waals surface area contributed by atoms with Crippen molar-refractivity contribution in [1.82, 2.24) is 0 Å². The van der Waals surface area contributed by atoms with Crippen LogP contribution in [-0.2, 0) is 5.41 Å². The molecule has 0 aliphatic heterocycles. The van der Waals surface area contributed by atoms with Crippen molar-refractivity contribution in [2.24, 2.45) is 5.92 Å². The average molecular weight is 522 g/mol. The van der Waals surface area contributed by atoms with Gasteiger partial charge in [-0.3, -0.25) is 0 Å². The normalized spacial score (nSPS) is 18.1. The summed E-state index contributed by atoms with van der Waals surface area (Å²) in [4.78, 5) is 12.6. The van der Waals surface area contributed by atoms with E-state index >= 15 is 0 Å². The first-order chi connectivity index (χ1) is 18.5. The predicted octanol–water partition coefficient (Wildman–Crippen LogP) is 9.32. The maximum absolute atomic E-state index is 14.5. The highest BCUT2D eigenvalue weighted by Gasteiger charge is 2.55.